The van der Waals surface area contributed by atoms with Gasteiger partial charge in [0.25, 0.3) is 11.2 Å². The Morgan fingerprint density at radius 2 is 2.16 bits per heavy atom. The first-order chi connectivity index (χ1) is 15.4. The van der Waals surface area contributed by atoms with Crippen LogP contribution in [0.25, 0.3) is 0 Å². The van der Waals surface area contributed by atoms with E-state index in [0.29, 0.717) is 5.95 Å². The number of rotatable bonds is 5. The van der Waals surface area contributed by atoms with Gasteiger partial charge in [-0.25, -0.2) is 0 Å². The Kier molecular flexibility index (Phi) is 5.89. The first kappa shape index (κ1) is 21.5. The number of nitrogens with one attached hydrogen (secondary N) is 3. The van der Waals surface area contributed by atoms with Crippen molar-refractivity contribution in [3.63, 3.8) is 0 Å². The van der Waals surface area contributed by atoms with Crippen molar-refractivity contribution in [3.05, 3.63) is 50.3 Å². The van der Waals surface area contributed by atoms with E-state index in [0.717, 1.165) is 32.2 Å². The second-order valence-corrected chi connectivity index (χ2v) is 8.00. The highest BCUT2D eigenvalue weighted by molar-refractivity contribution is 6.04. The number of nitro groups is 1. The van der Waals surface area contributed by atoms with Gasteiger partial charge in [0.2, 0.25) is 17.8 Å². The molecule has 0 radical (unpaired) electrons. The van der Waals surface area contributed by atoms with E-state index in [-0.39, 0.29) is 35.2 Å². The number of non-ortho nitro benzene ring substituents is 1. The summed E-state index contributed by atoms with van der Waals surface area (Å²) in [6.45, 7) is 2.83. The maximum absolute atomic E-state index is 13.0. The van der Waals surface area contributed by atoms with Crippen LogP contribution in [0, 0.1) is 10.1 Å². The molecule has 2 aliphatic rings. The molecule has 2 aliphatic heterocycles. The number of anilines is 3. The van der Waals surface area contributed by atoms with Gasteiger partial charge in [-0.2, -0.15) is 4.98 Å². The van der Waals surface area contributed by atoms with Gasteiger partial charge in [-0.05, 0) is 31.7 Å². The van der Waals surface area contributed by atoms with E-state index in [9.17, 15) is 24.5 Å². The van der Waals surface area contributed by atoms with Crippen molar-refractivity contribution < 1.29 is 14.5 Å². The Balaban J connectivity index is 1.65. The molecular weight excluding hydrogens is 416 g/mol. The van der Waals surface area contributed by atoms with Crippen LogP contribution in [0.5, 0.6) is 0 Å². The minimum absolute atomic E-state index is 0.0830. The van der Waals surface area contributed by atoms with E-state index in [1.54, 1.807) is 0 Å². The molecule has 4 rings (SSSR count). The van der Waals surface area contributed by atoms with Crippen LogP contribution >= 0.6 is 0 Å². The Hall–Kier alpha value is -3.76. The second kappa shape index (κ2) is 8.77. The van der Waals surface area contributed by atoms with E-state index in [2.05, 4.69) is 27.5 Å². The molecule has 2 amide bonds. The van der Waals surface area contributed by atoms with Crippen molar-refractivity contribution in [1.82, 2.24) is 9.97 Å². The monoisotopic (exact) mass is 440 g/mol. The van der Waals surface area contributed by atoms with Gasteiger partial charge < -0.3 is 15.5 Å². The summed E-state index contributed by atoms with van der Waals surface area (Å²) < 4.78 is 0. The molecule has 32 heavy (non-hydrogen) atoms. The van der Waals surface area contributed by atoms with Crippen molar-refractivity contribution in [3.8, 4) is 0 Å². The van der Waals surface area contributed by atoms with Gasteiger partial charge in [0, 0.05) is 36.8 Å². The van der Waals surface area contributed by atoms with Crippen LogP contribution in [-0.4, -0.2) is 39.3 Å². The molecule has 2 aromatic rings. The molecule has 11 nitrogen and oxygen atoms in total. The quantitative estimate of drug-likeness (QED) is 0.477. The lowest BCUT2D eigenvalue weighted by Gasteiger charge is -2.36. The zero-order valence-electron chi connectivity index (χ0n) is 17.6. The van der Waals surface area contributed by atoms with Gasteiger partial charge in [0.1, 0.15) is 5.82 Å². The smallest absolute Gasteiger partial charge is 0.271 e. The van der Waals surface area contributed by atoms with Crippen LogP contribution in [0.3, 0.4) is 0 Å². The molecule has 11 heteroatoms. The predicted octanol–water partition coefficient (Wildman–Crippen LogP) is 2.51. The molecule has 2 atom stereocenters. The summed E-state index contributed by atoms with van der Waals surface area (Å²) >= 11 is 0. The van der Waals surface area contributed by atoms with Crippen molar-refractivity contribution >= 4 is 35.0 Å². The zero-order valence-corrected chi connectivity index (χ0v) is 17.6. The van der Waals surface area contributed by atoms with Crippen molar-refractivity contribution in [1.29, 1.82) is 0 Å². The average Bonchev–Trinajstić information content (AvgIpc) is 2.78. The maximum Gasteiger partial charge on any atom is 0.271 e. The first-order valence-corrected chi connectivity index (χ1v) is 10.6. The van der Waals surface area contributed by atoms with Crippen LogP contribution in [-0.2, 0) is 9.59 Å². The van der Waals surface area contributed by atoms with Gasteiger partial charge in [-0.15, -0.1) is 0 Å². The number of fused-ring (bicyclic) bond motifs is 1. The van der Waals surface area contributed by atoms with Crippen LogP contribution in [0.15, 0.2) is 29.1 Å². The molecule has 0 spiro atoms. The minimum Gasteiger partial charge on any atom is -0.339 e. The number of hydrogen-bond acceptors (Lipinski definition) is 7. The number of nitro benzene ring substituents is 1. The summed E-state index contributed by atoms with van der Waals surface area (Å²) in [7, 11) is 0. The molecule has 0 saturated carbocycles. The number of H-pyrrole nitrogens is 1. The lowest BCUT2D eigenvalue weighted by atomic mass is 9.92. The Morgan fingerprint density at radius 3 is 2.91 bits per heavy atom. The normalized spacial score (nSPS) is 20.3. The highest BCUT2D eigenvalue weighted by Crippen LogP contribution is 2.32. The molecule has 3 heterocycles. The molecule has 1 fully saturated rings. The number of aromatic amines is 1. The molecule has 168 valence electrons. The number of amides is 2. The fraction of sp³-hybridized carbons (Fsp3) is 0.429. The number of benzene rings is 1. The van der Waals surface area contributed by atoms with Crippen LogP contribution in [0.2, 0.25) is 0 Å². The van der Waals surface area contributed by atoms with E-state index in [1.165, 1.54) is 24.3 Å². The molecule has 1 aromatic carbocycles. The van der Waals surface area contributed by atoms with Gasteiger partial charge in [0.15, 0.2) is 0 Å². The Bertz CT molecular complexity index is 1130. The second-order valence-electron chi connectivity index (χ2n) is 8.00. The maximum atomic E-state index is 13.0. The SMILES string of the molecule is CC[C@H]1CCCCN1c1nc2c(c(=O)[nH]1)[C@@H](C(=O)Nc1cccc([N+](=O)[O-])c1)CC(=O)N2. The predicted molar refractivity (Wildman–Crippen MR) is 118 cm³/mol. The summed E-state index contributed by atoms with van der Waals surface area (Å²) in [6.07, 6.45) is 3.77. The molecule has 0 aliphatic carbocycles. The lowest BCUT2D eigenvalue weighted by Crippen LogP contribution is -2.43. The number of nitrogens with zero attached hydrogens (tertiary/aromatic N) is 3. The van der Waals surface area contributed by atoms with E-state index in [1.807, 2.05) is 4.90 Å². The average molecular weight is 440 g/mol. The van der Waals surface area contributed by atoms with Crippen molar-refractivity contribution in [2.24, 2.45) is 0 Å². The molecule has 1 aromatic heterocycles. The third-order valence-electron chi connectivity index (χ3n) is 5.95. The highest BCUT2D eigenvalue weighted by Gasteiger charge is 2.36. The van der Waals surface area contributed by atoms with Crippen LogP contribution in [0.1, 0.15) is 50.5 Å². The summed E-state index contributed by atoms with van der Waals surface area (Å²) in [5.74, 6) is -1.62. The lowest BCUT2D eigenvalue weighted by molar-refractivity contribution is -0.384. The Morgan fingerprint density at radius 1 is 1.34 bits per heavy atom. The number of aromatic nitrogens is 2. The van der Waals surface area contributed by atoms with E-state index < -0.39 is 28.2 Å². The topological polar surface area (TPSA) is 150 Å². The standard InChI is InChI=1S/C21H24N6O5/c1-2-13-7-3-4-9-26(13)21-24-18-17(20(30)25-21)15(11-16(28)23-18)19(29)22-12-6-5-8-14(10-12)27(31)32/h5-6,8,10,13,15H,2-4,7,9,11H2,1H3,(H,22,29)(H2,23,24,25,28,30)/t13-,15-/m0/s1. The summed E-state index contributed by atoms with van der Waals surface area (Å²) in [5.41, 5.74) is -0.372. The number of piperidine rings is 1. The Labute approximate surface area is 183 Å². The third-order valence-corrected chi connectivity index (χ3v) is 5.95. The fourth-order valence-corrected chi connectivity index (χ4v) is 4.35. The molecule has 1 saturated heterocycles. The zero-order chi connectivity index (χ0) is 22.8. The summed E-state index contributed by atoms with van der Waals surface area (Å²) in [5, 5.41) is 16.2. The molecule has 0 bridgehead atoms. The first-order valence-electron chi connectivity index (χ1n) is 10.6. The van der Waals surface area contributed by atoms with Gasteiger partial charge in [-0.1, -0.05) is 13.0 Å². The molecule has 0 unspecified atom stereocenters. The van der Waals surface area contributed by atoms with Crippen LogP contribution in [0.4, 0.5) is 23.1 Å². The fourth-order valence-electron chi connectivity index (χ4n) is 4.35. The van der Waals surface area contributed by atoms with Gasteiger partial charge in [0.05, 0.1) is 16.4 Å². The highest BCUT2D eigenvalue weighted by atomic mass is 16.6. The number of carbonyl (C=O) groups is 2. The van der Waals surface area contributed by atoms with Crippen molar-refractivity contribution in [2.75, 3.05) is 22.1 Å². The number of hydrogen-bond donors (Lipinski definition) is 3. The van der Waals surface area contributed by atoms with Crippen LogP contribution < -0.4 is 21.1 Å². The summed E-state index contributed by atoms with van der Waals surface area (Å²) in [6, 6.07) is 5.71. The summed E-state index contributed by atoms with van der Waals surface area (Å²) in [4.78, 5) is 58.0. The largest absolute Gasteiger partial charge is 0.339 e. The third kappa shape index (κ3) is 4.18. The van der Waals surface area contributed by atoms with E-state index >= 15 is 0 Å². The minimum atomic E-state index is -1.06. The van der Waals surface area contributed by atoms with Gasteiger partial charge >= 0.3 is 0 Å². The number of carbonyl (C=O) groups excluding carboxylic acids is 2. The molecular formula is C21H24N6O5. The van der Waals surface area contributed by atoms with Crippen molar-refractivity contribution in [2.45, 2.75) is 51.0 Å². The van der Waals surface area contributed by atoms with E-state index in [4.69, 9.17) is 0 Å². The van der Waals surface area contributed by atoms with Gasteiger partial charge in [-0.3, -0.25) is 29.5 Å². The molecule has 3 N–H and O–H groups in total.